The number of carbonyl (C=O) groups excluding carboxylic acids is 2. The van der Waals surface area contributed by atoms with Crippen LogP contribution in [0, 0.1) is 0 Å². The Kier molecular flexibility index (Phi) is 23.9. The van der Waals surface area contributed by atoms with Gasteiger partial charge >= 0.3 is 11.9 Å². The molecular formula is C27H50N2O8. The van der Waals surface area contributed by atoms with Gasteiger partial charge in [0, 0.05) is 25.8 Å². The summed E-state index contributed by atoms with van der Waals surface area (Å²) < 4.78 is 5.03. The first-order chi connectivity index (χ1) is 17.9. The van der Waals surface area contributed by atoms with Crippen LogP contribution in [0.15, 0.2) is 0 Å². The van der Waals surface area contributed by atoms with Crippen LogP contribution in [0.2, 0.25) is 0 Å². The molecule has 0 aliphatic carbocycles. The molecule has 37 heavy (non-hydrogen) atoms. The molecule has 0 aromatic carbocycles. The molecule has 216 valence electrons. The van der Waals surface area contributed by atoms with E-state index in [1.807, 2.05) is 0 Å². The summed E-state index contributed by atoms with van der Waals surface area (Å²) in [4.78, 5) is 45.7. The summed E-state index contributed by atoms with van der Waals surface area (Å²) in [7, 11) is 0. The lowest BCUT2D eigenvalue weighted by atomic mass is 10.0. The van der Waals surface area contributed by atoms with Crippen molar-refractivity contribution in [3.05, 3.63) is 0 Å². The minimum atomic E-state index is -1.15. The van der Waals surface area contributed by atoms with E-state index in [0.29, 0.717) is 0 Å². The number of ether oxygens (including phenoxy) is 1. The van der Waals surface area contributed by atoms with Gasteiger partial charge in [-0.05, 0) is 19.3 Å². The number of aliphatic hydroxyl groups excluding tert-OH is 1. The molecule has 0 aliphatic rings. The summed E-state index contributed by atoms with van der Waals surface area (Å²) >= 11 is 0. The highest BCUT2D eigenvalue weighted by Crippen LogP contribution is 2.14. The molecule has 0 unspecified atom stereocenters. The number of hydrogen-bond donors (Lipinski definition) is 5. The van der Waals surface area contributed by atoms with Crippen molar-refractivity contribution in [1.82, 2.24) is 10.6 Å². The summed E-state index contributed by atoms with van der Waals surface area (Å²) in [5.74, 6) is -2.46. The Labute approximate surface area is 221 Å². The average Bonchev–Trinajstić information content (AvgIpc) is 2.85. The van der Waals surface area contributed by atoms with Crippen LogP contribution in [-0.4, -0.2) is 71.5 Å². The van der Waals surface area contributed by atoms with Crippen LogP contribution in [0.4, 0.5) is 0 Å². The summed E-state index contributed by atoms with van der Waals surface area (Å²) in [6, 6.07) is -1.08. The van der Waals surface area contributed by atoms with Crippen molar-refractivity contribution in [2.45, 2.75) is 122 Å². The molecule has 0 spiro atoms. The second-order valence-electron chi connectivity index (χ2n) is 9.53. The summed E-state index contributed by atoms with van der Waals surface area (Å²) in [6.07, 6.45) is 16.0. The third-order valence-electron chi connectivity index (χ3n) is 6.14. The molecule has 10 nitrogen and oxygen atoms in total. The molecule has 5 N–H and O–H groups in total. The molecule has 0 saturated heterocycles. The van der Waals surface area contributed by atoms with Crippen molar-refractivity contribution in [1.29, 1.82) is 0 Å². The Morgan fingerprint density at radius 1 is 0.622 bits per heavy atom. The van der Waals surface area contributed by atoms with Gasteiger partial charge in [-0.1, -0.05) is 77.0 Å². The van der Waals surface area contributed by atoms with Gasteiger partial charge in [-0.2, -0.15) is 0 Å². The Morgan fingerprint density at radius 2 is 1.11 bits per heavy atom. The molecule has 0 aliphatic heterocycles. The van der Waals surface area contributed by atoms with Gasteiger partial charge in [-0.15, -0.1) is 0 Å². The lowest BCUT2D eigenvalue weighted by molar-refractivity contribution is -0.142. The first-order valence-corrected chi connectivity index (χ1v) is 14.1. The number of aliphatic carboxylic acids is 2. The van der Waals surface area contributed by atoms with Crippen molar-refractivity contribution in [2.75, 3.05) is 26.4 Å². The zero-order valence-electron chi connectivity index (χ0n) is 22.5. The maximum atomic E-state index is 12.1. The number of unbranched alkanes of at least 4 members (excludes halogenated alkanes) is 13. The molecule has 10 heteroatoms. The van der Waals surface area contributed by atoms with E-state index in [1.165, 1.54) is 44.9 Å². The van der Waals surface area contributed by atoms with Gasteiger partial charge in [0.15, 0.2) is 0 Å². The van der Waals surface area contributed by atoms with Crippen LogP contribution in [0.1, 0.15) is 116 Å². The highest BCUT2D eigenvalue weighted by molar-refractivity contribution is 5.84. The molecule has 1 atom stereocenters. The van der Waals surface area contributed by atoms with Gasteiger partial charge in [0.1, 0.15) is 6.04 Å². The Balaban J connectivity index is 3.62. The quantitative estimate of drug-likeness (QED) is 0.100. The van der Waals surface area contributed by atoms with Crippen molar-refractivity contribution < 1.29 is 39.2 Å². The molecule has 0 aromatic heterocycles. The highest BCUT2D eigenvalue weighted by atomic mass is 16.5. The SMILES string of the molecule is O=C(O)CCCCCCCCCCCCCCCCC(=O)N[C@@H](CCC(=O)NCCOCCO)C(=O)O. The van der Waals surface area contributed by atoms with Crippen LogP contribution in [0.3, 0.4) is 0 Å². The molecule has 0 aromatic rings. The summed E-state index contributed by atoms with van der Waals surface area (Å²) in [6.45, 7) is 0.661. The number of carboxylic acid groups (broad SMARTS) is 2. The minimum absolute atomic E-state index is 0.00809. The van der Waals surface area contributed by atoms with E-state index in [1.54, 1.807) is 0 Å². The highest BCUT2D eigenvalue weighted by Gasteiger charge is 2.20. The summed E-state index contributed by atoms with van der Waals surface area (Å²) in [5.41, 5.74) is 0. The van der Waals surface area contributed by atoms with E-state index in [9.17, 15) is 24.3 Å². The molecular weight excluding hydrogens is 480 g/mol. The average molecular weight is 531 g/mol. The largest absolute Gasteiger partial charge is 0.481 e. The van der Waals surface area contributed by atoms with Gasteiger partial charge in [0.2, 0.25) is 11.8 Å². The van der Waals surface area contributed by atoms with E-state index in [-0.39, 0.29) is 63.9 Å². The lowest BCUT2D eigenvalue weighted by Gasteiger charge is -2.14. The van der Waals surface area contributed by atoms with Crippen molar-refractivity contribution >= 4 is 23.8 Å². The lowest BCUT2D eigenvalue weighted by Crippen LogP contribution is -2.41. The van der Waals surface area contributed by atoms with E-state index < -0.39 is 18.0 Å². The topological polar surface area (TPSA) is 162 Å². The minimum Gasteiger partial charge on any atom is -0.481 e. The Bertz CT molecular complexity index is 615. The maximum Gasteiger partial charge on any atom is 0.326 e. The number of carbonyl (C=O) groups is 4. The molecule has 2 amide bonds. The molecule has 0 bridgehead atoms. The molecule has 0 radical (unpaired) electrons. The molecule has 0 saturated carbocycles. The van der Waals surface area contributed by atoms with Crippen LogP contribution in [0.5, 0.6) is 0 Å². The van der Waals surface area contributed by atoms with Crippen LogP contribution >= 0.6 is 0 Å². The smallest absolute Gasteiger partial charge is 0.326 e. The molecule has 0 heterocycles. The number of hydrogen-bond acceptors (Lipinski definition) is 6. The van der Waals surface area contributed by atoms with Gasteiger partial charge in [-0.3, -0.25) is 14.4 Å². The standard InChI is InChI=1S/C27H50N2O8/c30-20-22-37-21-19-28-24(31)18-17-23(27(35)36)29-25(32)15-13-11-9-7-5-3-1-2-4-6-8-10-12-14-16-26(33)34/h23,30H,1-22H2,(H,28,31)(H,29,32)(H,33,34)(H,35,36)/t23-/m0/s1. The maximum absolute atomic E-state index is 12.1. The van der Waals surface area contributed by atoms with Crippen molar-refractivity contribution in [3.8, 4) is 0 Å². The predicted octanol–water partition coefficient (Wildman–Crippen LogP) is 3.79. The number of nitrogens with one attached hydrogen (secondary N) is 2. The van der Waals surface area contributed by atoms with E-state index in [0.717, 1.165) is 44.9 Å². The van der Waals surface area contributed by atoms with Crippen LogP contribution < -0.4 is 10.6 Å². The predicted molar refractivity (Wildman–Crippen MR) is 141 cm³/mol. The van der Waals surface area contributed by atoms with Crippen molar-refractivity contribution in [2.24, 2.45) is 0 Å². The van der Waals surface area contributed by atoms with Crippen LogP contribution in [0.25, 0.3) is 0 Å². The second-order valence-corrected chi connectivity index (χ2v) is 9.53. The molecule has 0 fully saturated rings. The number of amides is 2. The monoisotopic (exact) mass is 530 g/mol. The fourth-order valence-electron chi connectivity index (χ4n) is 4.00. The van der Waals surface area contributed by atoms with Crippen LogP contribution in [-0.2, 0) is 23.9 Å². The fraction of sp³-hybridized carbons (Fsp3) is 0.852. The third kappa shape index (κ3) is 25.2. The Hall–Kier alpha value is -2.20. The number of aliphatic hydroxyl groups is 1. The van der Waals surface area contributed by atoms with Gasteiger partial charge in [0.25, 0.3) is 0 Å². The first kappa shape index (κ1) is 34.8. The number of rotatable bonds is 27. The zero-order chi connectivity index (χ0) is 27.6. The van der Waals surface area contributed by atoms with E-state index in [4.69, 9.17) is 14.9 Å². The third-order valence-corrected chi connectivity index (χ3v) is 6.14. The van der Waals surface area contributed by atoms with Gasteiger partial charge < -0.3 is 30.7 Å². The van der Waals surface area contributed by atoms with E-state index >= 15 is 0 Å². The normalized spacial score (nSPS) is 11.7. The van der Waals surface area contributed by atoms with Gasteiger partial charge in [0.05, 0.1) is 19.8 Å². The molecule has 0 rings (SSSR count). The van der Waals surface area contributed by atoms with E-state index in [2.05, 4.69) is 10.6 Å². The Morgan fingerprint density at radius 3 is 1.57 bits per heavy atom. The second kappa shape index (κ2) is 25.4. The number of carboxylic acids is 2. The summed E-state index contributed by atoms with van der Waals surface area (Å²) in [5, 5.41) is 31.6. The van der Waals surface area contributed by atoms with Crippen molar-refractivity contribution in [3.63, 3.8) is 0 Å². The van der Waals surface area contributed by atoms with Gasteiger partial charge in [-0.25, -0.2) is 4.79 Å². The first-order valence-electron chi connectivity index (χ1n) is 14.1. The fourth-order valence-corrected chi connectivity index (χ4v) is 4.00. The zero-order valence-corrected chi connectivity index (χ0v) is 22.5.